The zero-order valence-corrected chi connectivity index (χ0v) is 13.8. The molecular formula is C20H15F3Si. The van der Waals surface area contributed by atoms with Crippen LogP contribution >= 0.6 is 0 Å². The summed E-state index contributed by atoms with van der Waals surface area (Å²) in [6.45, 7) is 3.85. The Kier molecular flexibility index (Phi) is 4.40. The van der Waals surface area contributed by atoms with Crippen LogP contribution in [0.5, 0.6) is 0 Å². The summed E-state index contributed by atoms with van der Waals surface area (Å²) in [5, 5.41) is 0.862. The fourth-order valence-corrected chi connectivity index (χ4v) is 7.10. The van der Waals surface area contributed by atoms with Gasteiger partial charge in [0.25, 0.3) is 0 Å². The maximum absolute atomic E-state index is 14.6. The summed E-state index contributed by atoms with van der Waals surface area (Å²) in [5.41, 5.74) is 1.53. The minimum atomic E-state index is -3.39. The lowest BCUT2D eigenvalue weighted by Gasteiger charge is -2.31. The van der Waals surface area contributed by atoms with Crippen LogP contribution in [0.4, 0.5) is 13.2 Å². The molecule has 0 aliphatic rings. The first-order valence-electron chi connectivity index (χ1n) is 7.50. The molecule has 0 amide bonds. The predicted molar refractivity (Wildman–Crippen MR) is 94.1 cm³/mol. The molecule has 0 saturated carbocycles. The van der Waals surface area contributed by atoms with Crippen molar-refractivity contribution < 1.29 is 13.2 Å². The van der Waals surface area contributed by atoms with Crippen LogP contribution in [0.3, 0.4) is 0 Å². The van der Waals surface area contributed by atoms with Gasteiger partial charge in [0.05, 0.1) is 0 Å². The Bertz CT molecular complexity index is 778. The molecule has 0 aliphatic carbocycles. The molecule has 3 aromatic carbocycles. The lowest BCUT2D eigenvalue weighted by atomic mass is 10.3. The van der Waals surface area contributed by atoms with Crippen LogP contribution in [-0.4, -0.2) is 8.07 Å². The minimum absolute atomic E-state index is 0.287. The summed E-state index contributed by atoms with van der Waals surface area (Å²) in [4.78, 5) is 0. The Morgan fingerprint density at radius 2 is 0.875 bits per heavy atom. The largest absolute Gasteiger partial charge is 0.207 e. The Balaban J connectivity index is 2.46. The van der Waals surface area contributed by atoms with Gasteiger partial charge in [-0.05, 0) is 33.8 Å². The maximum atomic E-state index is 14.6. The van der Waals surface area contributed by atoms with E-state index in [1.807, 2.05) is 0 Å². The number of benzene rings is 3. The SMILES string of the molecule is C=C[Si](c1ccccc1F)(c1ccccc1F)c1ccccc1F. The zero-order valence-electron chi connectivity index (χ0n) is 12.8. The molecule has 120 valence electrons. The highest BCUT2D eigenvalue weighted by molar-refractivity contribution is 7.14. The molecule has 0 atom stereocenters. The van der Waals surface area contributed by atoms with Crippen molar-refractivity contribution in [1.82, 2.24) is 0 Å². The molecule has 0 heterocycles. The van der Waals surface area contributed by atoms with Gasteiger partial charge in [-0.2, -0.15) is 0 Å². The van der Waals surface area contributed by atoms with Crippen molar-refractivity contribution in [2.24, 2.45) is 0 Å². The molecule has 0 aliphatic heterocycles. The molecule has 4 heteroatoms. The summed E-state index contributed by atoms with van der Waals surface area (Å²) in [6, 6.07) is 18.4. The van der Waals surface area contributed by atoms with E-state index >= 15 is 0 Å². The van der Waals surface area contributed by atoms with Gasteiger partial charge in [-0.1, -0.05) is 60.3 Å². The van der Waals surface area contributed by atoms with E-state index in [0.29, 0.717) is 0 Å². The average molecular weight is 340 g/mol. The van der Waals surface area contributed by atoms with Crippen molar-refractivity contribution in [2.45, 2.75) is 0 Å². The molecule has 0 fully saturated rings. The van der Waals surface area contributed by atoms with Crippen molar-refractivity contribution in [3.05, 3.63) is 103 Å². The second-order valence-electron chi connectivity index (χ2n) is 5.45. The normalized spacial score (nSPS) is 11.3. The second-order valence-corrected chi connectivity index (χ2v) is 9.09. The van der Waals surface area contributed by atoms with Crippen molar-refractivity contribution in [1.29, 1.82) is 0 Å². The highest BCUT2D eigenvalue weighted by atomic mass is 28.3. The lowest BCUT2D eigenvalue weighted by Crippen LogP contribution is -2.68. The van der Waals surface area contributed by atoms with Crippen LogP contribution in [0.1, 0.15) is 0 Å². The fourth-order valence-electron chi connectivity index (χ4n) is 3.11. The molecule has 0 nitrogen and oxygen atoms in total. The van der Waals surface area contributed by atoms with E-state index in [1.54, 1.807) is 54.6 Å². The third kappa shape index (κ3) is 2.49. The van der Waals surface area contributed by atoms with Gasteiger partial charge in [-0.3, -0.25) is 0 Å². The molecule has 3 rings (SSSR count). The van der Waals surface area contributed by atoms with E-state index in [4.69, 9.17) is 0 Å². The van der Waals surface area contributed by atoms with E-state index in [-0.39, 0.29) is 15.6 Å². The molecule has 24 heavy (non-hydrogen) atoms. The van der Waals surface area contributed by atoms with Crippen LogP contribution in [0, 0.1) is 17.5 Å². The molecule has 3 aromatic rings. The molecule has 0 aromatic heterocycles. The standard InChI is InChI=1S/C20H15F3Si/c1-2-24(18-12-6-3-9-15(18)21,19-13-7-4-10-16(19)22)20-14-8-5-11-17(20)23/h2-14H,1H2. The van der Waals surface area contributed by atoms with E-state index in [9.17, 15) is 13.2 Å². The van der Waals surface area contributed by atoms with Crippen LogP contribution in [-0.2, 0) is 0 Å². The zero-order chi connectivity index (χ0) is 17.2. The van der Waals surface area contributed by atoms with E-state index in [2.05, 4.69) is 6.58 Å². The summed E-state index contributed by atoms with van der Waals surface area (Å²) in [5.74, 6) is -1.47. The molecule has 0 spiro atoms. The Hall–Kier alpha value is -2.59. The van der Waals surface area contributed by atoms with Crippen LogP contribution in [0.2, 0.25) is 0 Å². The van der Waals surface area contributed by atoms with Gasteiger partial charge in [0, 0.05) is 0 Å². The van der Waals surface area contributed by atoms with Crippen molar-refractivity contribution >= 4 is 23.6 Å². The summed E-state index contributed by atoms with van der Waals surface area (Å²) in [7, 11) is -3.39. The maximum Gasteiger partial charge on any atom is 0.181 e. The quantitative estimate of drug-likeness (QED) is 0.505. The second kappa shape index (κ2) is 6.49. The van der Waals surface area contributed by atoms with E-state index < -0.39 is 25.5 Å². The van der Waals surface area contributed by atoms with Crippen LogP contribution in [0.15, 0.2) is 85.1 Å². The van der Waals surface area contributed by atoms with Crippen LogP contribution < -0.4 is 15.6 Å². The molecule has 0 saturated heterocycles. The Morgan fingerprint density at radius 3 is 1.12 bits per heavy atom. The third-order valence-corrected chi connectivity index (χ3v) is 8.58. The minimum Gasteiger partial charge on any atom is -0.207 e. The summed E-state index contributed by atoms with van der Waals surface area (Å²) < 4.78 is 43.9. The molecule has 0 radical (unpaired) electrons. The average Bonchev–Trinajstić information content (AvgIpc) is 2.60. The number of halogens is 3. The Labute approximate surface area is 139 Å². The number of rotatable bonds is 4. The smallest absolute Gasteiger partial charge is 0.181 e. The monoisotopic (exact) mass is 340 g/mol. The molecule has 0 N–H and O–H groups in total. The van der Waals surface area contributed by atoms with Gasteiger partial charge >= 0.3 is 0 Å². The van der Waals surface area contributed by atoms with Gasteiger partial charge in [0.15, 0.2) is 8.07 Å². The van der Waals surface area contributed by atoms with Gasteiger partial charge in [0.2, 0.25) is 0 Å². The number of hydrogen-bond acceptors (Lipinski definition) is 0. The van der Waals surface area contributed by atoms with E-state index in [1.165, 1.54) is 23.9 Å². The first kappa shape index (κ1) is 16.3. The third-order valence-electron chi connectivity index (χ3n) is 4.20. The van der Waals surface area contributed by atoms with Crippen molar-refractivity contribution in [2.75, 3.05) is 0 Å². The topological polar surface area (TPSA) is 0 Å². The molecule has 0 bridgehead atoms. The first-order valence-corrected chi connectivity index (χ1v) is 9.57. The van der Waals surface area contributed by atoms with Gasteiger partial charge in [0.1, 0.15) is 17.5 Å². The first-order chi connectivity index (χ1) is 11.6. The fraction of sp³-hybridized carbons (Fsp3) is 0. The Morgan fingerprint density at radius 1 is 0.583 bits per heavy atom. The summed E-state index contributed by atoms with van der Waals surface area (Å²) >= 11 is 0. The number of hydrogen-bond donors (Lipinski definition) is 0. The lowest BCUT2D eigenvalue weighted by molar-refractivity contribution is 0.630. The van der Waals surface area contributed by atoms with Crippen molar-refractivity contribution in [3.63, 3.8) is 0 Å². The van der Waals surface area contributed by atoms with E-state index in [0.717, 1.165) is 0 Å². The molecular weight excluding hydrogens is 325 g/mol. The van der Waals surface area contributed by atoms with Crippen molar-refractivity contribution in [3.8, 4) is 0 Å². The van der Waals surface area contributed by atoms with Gasteiger partial charge < -0.3 is 0 Å². The summed E-state index contributed by atoms with van der Waals surface area (Å²) in [6.07, 6.45) is 0. The van der Waals surface area contributed by atoms with Gasteiger partial charge in [-0.25, -0.2) is 13.2 Å². The predicted octanol–water partition coefficient (Wildman–Crippen LogP) is 3.30. The molecule has 0 unspecified atom stereocenters. The highest BCUT2D eigenvalue weighted by Crippen LogP contribution is 2.14. The van der Waals surface area contributed by atoms with Gasteiger partial charge in [-0.15, -0.1) is 6.58 Å². The van der Waals surface area contributed by atoms with Crippen LogP contribution in [0.25, 0.3) is 0 Å². The highest BCUT2D eigenvalue weighted by Gasteiger charge is 2.42.